The Hall–Kier alpha value is -0.880. The Bertz CT molecular complexity index is 361. The van der Waals surface area contributed by atoms with Gasteiger partial charge >= 0.3 is 10.2 Å². The molecule has 6 heteroatoms. The summed E-state index contributed by atoms with van der Waals surface area (Å²) in [4.78, 5) is 0. The first-order valence-electron chi connectivity index (χ1n) is 3.85. The van der Waals surface area contributed by atoms with Gasteiger partial charge in [0.05, 0.1) is 6.20 Å². The first kappa shape index (κ1) is 10.2. The lowest BCUT2D eigenvalue weighted by Crippen LogP contribution is -2.43. The van der Waals surface area contributed by atoms with Gasteiger partial charge in [0.1, 0.15) is 0 Å². The molecule has 0 amide bonds. The molecule has 1 N–H and O–H groups in total. The number of nitrogens with zero attached hydrogens (tertiary/aromatic N) is 2. The first-order chi connectivity index (χ1) is 5.81. The summed E-state index contributed by atoms with van der Waals surface area (Å²) in [5.74, 6) is 0. The van der Waals surface area contributed by atoms with E-state index < -0.39 is 15.7 Å². The Kier molecular flexibility index (Phi) is 2.44. The SMILES string of the molecule is CC(C)(C)NS(=O)(=O)n1cccn1. The van der Waals surface area contributed by atoms with E-state index in [0.29, 0.717) is 0 Å². The van der Waals surface area contributed by atoms with E-state index in [4.69, 9.17) is 0 Å². The van der Waals surface area contributed by atoms with Crippen molar-refractivity contribution in [1.29, 1.82) is 0 Å². The summed E-state index contributed by atoms with van der Waals surface area (Å²) in [7, 11) is -3.52. The molecule has 0 aliphatic rings. The van der Waals surface area contributed by atoms with Gasteiger partial charge in [-0.25, -0.2) is 0 Å². The number of hydrogen-bond acceptors (Lipinski definition) is 3. The highest BCUT2D eigenvalue weighted by atomic mass is 32.2. The molecule has 0 radical (unpaired) electrons. The molecule has 0 saturated carbocycles. The molecule has 1 heterocycles. The van der Waals surface area contributed by atoms with Gasteiger partial charge in [0, 0.05) is 11.7 Å². The molecule has 0 fully saturated rings. The van der Waals surface area contributed by atoms with Crippen LogP contribution in [0.4, 0.5) is 0 Å². The lowest BCUT2D eigenvalue weighted by molar-refractivity contribution is 0.482. The Morgan fingerprint density at radius 2 is 2.00 bits per heavy atom. The summed E-state index contributed by atoms with van der Waals surface area (Å²) in [5, 5.41) is 3.64. The van der Waals surface area contributed by atoms with Crippen LogP contribution in [0.25, 0.3) is 0 Å². The van der Waals surface area contributed by atoms with Crippen LogP contribution < -0.4 is 4.72 Å². The molecule has 1 aromatic rings. The topological polar surface area (TPSA) is 64.0 Å². The van der Waals surface area contributed by atoms with Gasteiger partial charge in [-0.3, -0.25) is 0 Å². The molecule has 0 aromatic carbocycles. The van der Waals surface area contributed by atoms with Crippen molar-refractivity contribution in [3.05, 3.63) is 18.5 Å². The van der Waals surface area contributed by atoms with Crippen LogP contribution in [0.1, 0.15) is 20.8 Å². The van der Waals surface area contributed by atoms with Crippen LogP contribution in [0.2, 0.25) is 0 Å². The van der Waals surface area contributed by atoms with Gasteiger partial charge in [-0.1, -0.05) is 0 Å². The van der Waals surface area contributed by atoms with Crippen molar-refractivity contribution in [3.63, 3.8) is 0 Å². The average Bonchev–Trinajstić information content (AvgIpc) is 2.29. The van der Waals surface area contributed by atoms with Crippen LogP contribution in [0.15, 0.2) is 18.5 Å². The molecule has 5 nitrogen and oxygen atoms in total. The second kappa shape index (κ2) is 3.12. The quantitative estimate of drug-likeness (QED) is 0.755. The molecule has 74 valence electrons. The van der Waals surface area contributed by atoms with E-state index in [0.717, 1.165) is 4.09 Å². The smallest absolute Gasteiger partial charge is 0.191 e. The van der Waals surface area contributed by atoms with Crippen LogP contribution in [0, 0.1) is 0 Å². The van der Waals surface area contributed by atoms with Crippen LogP contribution in [-0.4, -0.2) is 23.1 Å². The Balaban J connectivity index is 2.93. The van der Waals surface area contributed by atoms with E-state index in [9.17, 15) is 8.42 Å². The molecular formula is C7H13N3O2S. The Morgan fingerprint density at radius 3 is 2.38 bits per heavy atom. The molecule has 0 aliphatic carbocycles. The number of nitrogens with one attached hydrogen (secondary N) is 1. The number of rotatable bonds is 2. The van der Waals surface area contributed by atoms with E-state index in [1.165, 1.54) is 12.4 Å². The van der Waals surface area contributed by atoms with Gasteiger partial charge in [0.25, 0.3) is 0 Å². The summed E-state index contributed by atoms with van der Waals surface area (Å²) in [5.41, 5.74) is -0.495. The molecule has 0 bridgehead atoms. The van der Waals surface area contributed by atoms with Crippen LogP contribution in [0.5, 0.6) is 0 Å². The largest absolute Gasteiger partial charge is 0.320 e. The van der Waals surface area contributed by atoms with E-state index in [-0.39, 0.29) is 0 Å². The Morgan fingerprint density at radius 1 is 1.38 bits per heavy atom. The van der Waals surface area contributed by atoms with Gasteiger partial charge in [0.2, 0.25) is 0 Å². The Labute approximate surface area is 77.9 Å². The van der Waals surface area contributed by atoms with Crippen molar-refractivity contribution in [2.75, 3.05) is 0 Å². The third-order valence-electron chi connectivity index (χ3n) is 1.16. The predicted molar refractivity (Wildman–Crippen MR) is 49.4 cm³/mol. The number of hydrogen-bond donors (Lipinski definition) is 1. The maximum Gasteiger partial charge on any atom is 0.320 e. The minimum absolute atomic E-state index is 0.495. The summed E-state index contributed by atoms with van der Waals surface area (Å²) >= 11 is 0. The second-order valence-corrected chi connectivity index (χ2v) is 5.26. The monoisotopic (exact) mass is 203 g/mol. The molecular weight excluding hydrogens is 190 g/mol. The molecule has 0 aliphatic heterocycles. The van der Waals surface area contributed by atoms with E-state index in [1.807, 2.05) is 0 Å². The predicted octanol–water partition coefficient (Wildman–Crippen LogP) is 0.364. The van der Waals surface area contributed by atoms with Crippen molar-refractivity contribution in [2.24, 2.45) is 0 Å². The van der Waals surface area contributed by atoms with Gasteiger partial charge in [-0.05, 0) is 26.8 Å². The van der Waals surface area contributed by atoms with Gasteiger partial charge in [-0.2, -0.15) is 22.3 Å². The summed E-state index contributed by atoms with van der Waals surface area (Å²) < 4.78 is 26.4. The van der Waals surface area contributed by atoms with Gasteiger partial charge < -0.3 is 0 Å². The van der Waals surface area contributed by atoms with E-state index in [1.54, 1.807) is 26.8 Å². The molecule has 13 heavy (non-hydrogen) atoms. The third kappa shape index (κ3) is 2.82. The summed E-state index contributed by atoms with van der Waals surface area (Å²) in [6, 6.07) is 1.56. The zero-order chi connectivity index (χ0) is 10.1. The first-order valence-corrected chi connectivity index (χ1v) is 5.29. The summed E-state index contributed by atoms with van der Waals surface area (Å²) in [6.45, 7) is 5.32. The van der Waals surface area contributed by atoms with Gasteiger partial charge in [0.15, 0.2) is 0 Å². The fourth-order valence-corrected chi connectivity index (χ4v) is 2.11. The van der Waals surface area contributed by atoms with Crippen LogP contribution in [-0.2, 0) is 10.2 Å². The lowest BCUT2D eigenvalue weighted by atomic mass is 10.1. The molecule has 1 rings (SSSR count). The normalized spacial score (nSPS) is 13.2. The highest BCUT2D eigenvalue weighted by Gasteiger charge is 2.21. The highest BCUT2D eigenvalue weighted by Crippen LogP contribution is 2.03. The molecule has 0 saturated heterocycles. The average molecular weight is 203 g/mol. The highest BCUT2D eigenvalue weighted by molar-refractivity contribution is 7.87. The van der Waals surface area contributed by atoms with Crippen molar-refractivity contribution >= 4 is 10.2 Å². The van der Waals surface area contributed by atoms with Crippen molar-refractivity contribution < 1.29 is 8.42 Å². The fraction of sp³-hybridized carbons (Fsp3) is 0.571. The van der Waals surface area contributed by atoms with Crippen molar-refractivity contribution in [3.8, 4) is 0 Å². The zero-order valence-corrected chi connectivity index (χ0v) is 8.67. The fourth-order valence-electron chi connectivity index (χ4n) is 0.831. The minimum atomic E-state index is -3.52. The van der Waals surface area contributed by atoms with E-state index >= 15 is 0 Å². The zero-order valence-electron chi connectivity index (χ0n) is 7.85. The maximum absolute atomic E-state index is 11.5. The maximum atomic E-state index is 11.5. The molecule has 0 atom stereocenters. The summed E-state index contributed by atoms with van der Waals surface area (Å²) in [6.07, 6.45) is 2.80. The van der Waals surface area contributed by atoms with Crippen molar-refractivity contribution in [1.82, 2.24) is 13.9 Å². The third-order valence-corrected chi connectivity index (χ3v) is 2.74. The second-order valence-electron chi connectivity index (χ2n) is 3.74. The lowest BCUT2D eigenvalue weighted by Gasteiger charge is -2.19. The van der Waals surface area contributed by atoms with E-state index in [2.05, 4.69) is 9.82 Å². The molecule has 1 aromatic heterocycles. The molecule has 0 unspecified atom stereocenters. The van der Waals surface area contributed by atoms with Crippen LogP contribution >= 0.6 is 0 Å². The van der Waals surface area contributed by atoms with Crippen molar-refractivity contribution in [2.45, 2.75) is 26.3 Å². The van der Waals surface area contributed by atoms with Crippen LogP contribution in [0.3, 0.4) is 0 Å². The molecule has 0 spiro atoms. The minimum Gasteiger partial charge on any atom is -0.191 e. The van der Waals surface area contributed by atoms with Gasteiger partial charge in [-0.15, -0.1) is 0 Å². The standard InChI is InChI=1S/C7H13N3O2S/c1-7(2,3)9-13(11,12)10-6-4-5-8-10/h4-6,9H,1-3H3. The number of aromatic nitrogens is 2.